The van der Waals surface area contributed by atoms with Crippen LogP contribution in [0.1, 0.15) is 85.0 Å². The summed E-state index contributed by atoms with van der Waals surface area (Å²) in [6.45, 7) is 6.91. The van der Waals surface area contributed by atoms with Gasteiger partial charge >= 0.3 is 0 Å². The molecule has 138 valence electrons. The average molecular weight is 337 g/mol. The maximum Gasteiger partial charge on any atom is 0.171 e. The first-order valence-electron chi connectivity index (χ1n) is 10.4. The summed E-state index contributed by atoms with van der Waals surface area (Å²) in [7, 11) is 0. The highest BCUT2D eigenvalue weighted by Crippen LogP contribution is 2.62. The lowest BCUT2D eigenvalue weighted by molar-refractivity contribution is -0.404. The van der Waals surface area contributed by atoms with E-state index in [1.807, 2.05) is 0 Å². The number of aliphatic hydroxyl groups is 2. The van der Waals surface area contributed by atoms with Gasteiger partial charge in [0.1, 0.15) is 0 Å². The van der Waals surface area contributed by atoms with Gasteiger partial charge in [-0.25, -0.2) is 0 Å². The zero-order chi connectivity index (χ0) is 17.2. The molecular weight excluding hydrogens is 300 g/mol. The highest BCUT2D eigenvalue weighted by Gasteiger charge is 2.68. The quantitative estimate of drug-likeness (QED) is 0.695. The van der Waals surface area contributed by atoms with Gasteiger partial charge in [0.25, 0.3) is 0 Å². The van der Waals surface area contributed by atoms with Crippen LogP contribution in [0.5, 0.6) is 0 Å². The van der Waals surface area contributed by atoms with Crippen LogP contribution in [-0.4, -0.2) is 27.2 Å². The normalized spacial score (nSPS) is 58.1. The zero-order valence-electron chi connectivity index (χ0n) is 15.8. The van der Waals surface area contributed by atoms with Crippen molar-refractivity contribution in [1.29, 1.82) is 0 Å². The van der Waals surface area contributed by atoms with Gasteiger partial charge in [-0.3, -0.25) is 0 Å². The summed E-state index contributed by atoms with van der Waals surface area (Å²) in [5, 5.41) is 23.4. The van der Waals surface area contributed by atoms with Gasteiger partial charge in [-0.15, -0.1) is 0 Å². The van der Waals surface area contributed by atoms with Gasteiger partial charge in [0, 0.05) is 18.3 Å². The number of fused-ring (bicyclic) bond motifs is 4. The molecule has 0 aromatic carbocycles. The van der Waals surface area contributed by atoms with E-state index in [1.54, 1.807) is 0 Å². The van der Waals surface area contributed by atoms with Gasteiger partial charge in [0.15, 0.2) is 5.79 Å². The SMILES string of the molecule is CC1CCC2(CC1)O[C@]1(O)CC[C@H](C)C[C@@H]1[C@]1(O)CC[C@H](C)C[C@H]21. The molecule has 3 nitrogen and oxygen atoms in total. The molecule has 4 fully saturated rings. The Kier molecular flexibility index (Phi) is 4.10. The molecule has 3 aliphatic carbocycles. The van der Waals surface area contributed by atoms with Crippen LogP contribution >= 0.6 is 0 Å². The van der Waals surface area contributed by atoms with E-state index in [1.165, 1.54) is 0 Å². The van der Waals surface area contributed by atoms with E-state index in [9.17, 15) is 10.2 Å². The van der Waals surface area contributed by atoms with Gasteiger partial charge in [-0.2, -0.15) is 0 Å². The largest absolute Gasteiger partial charge is 0.389 e. The van der Waals surface area contributed by atoms with Crippen LogP contribution in [-0.2, 0) is 4.74 Å². The van der Waals surface area contributed by atoms with Gasteiger partial charge in [0.05, 0.1) is 11.2 Å². The Morgan fingerprint density at radius 3 is 1.92 bits per heavy atom. The van der Waals surface area contributed by atoms with Crippen LogP contribution in [0.15, 0.2) is 0 Å². The van der Waals surface area contributed by atoms with Crippen molar-refractivity contribution >= 4 is 0 Å². The molecule has 1 saturated heterocycles. The van der Waals surface area contributed by atoms with Crippen LogP contribution in [0.25, 0.3) is 0 Å². The molecule has 0 amide bonds. The second-order valence-corrected chi connectivity index (χ2v) is 10.0. The van der Waals surface area contributed by atoms with Crippen molar-refractivity contribution in [2.45, 2.75) is 102 Å². The highest BCUT2D eigenvalue weighted by atomic mass is 16.6. The lowest BCUT2D eigenvalue weighted by Gasteiger charge is -2.66. The van der Waals surface area contributed by atoms with Crippen molar-refractivity contribution in [3.63, 3.8) is 0 Å². The molecule has 3 saturated carbocycles. The summed E-state index contributed by atoms with van der Waals surface area (Å²) in [4.78, 5) is 0. The molecular formula is C21H36O3. The first-order valence-corrected chi connectivity index (χ1v) is 10.4. The van der Waals surface area contributed by atoms with Crippen LogP contribution < -0.4 is 0 Å². The number of rotatable bonds is 0. The molecule has 0 aromatic rings. The van der Waals surface area contributed by atoms with E-state index in [-0.39, 0.29) is 17.4 Å². The molecule has 0 unspecified atom stereocenters. The molecule has 4 aliphatic rings. The van der Waals surface area contributed by atoms with E-state index >= 15 is 0 Å². The number of ether oxygens (including phenoxy) is 1. The van der Waals surface area contributed by atoms with Crippen LogP contribution in [0.4, 0.5) is 0 Å². The van der Waals surface area contributed by atoms with Crippen molar-refractivity contribution in [3.05, 3.63) is 0 Å². The minimum absolute atomic E-state index is 0.101. The molecule has 1 spiro atoms. The number of hydrogen-bond acceptors (Lipinski definition) is 3. The van der Waals surface area contributed by atoms with E-state index in [4.69, 9.17) is 4.74 Å². The lowest BCUT2D eigenvalue weighted by Crippen LogP contribution is -2.73. The fraction of sp³-hybridized carbons (Fsp3) is 1.00. The molecule has 0 aromatic heterocycles. The summed E-state index contributed by atoms with van der Waals surface area (Å²) >= 11 is 0. The first kappa shape index (κ1) is 17.3. The van der Waals surface area contributed by atoms with Crippen molar-refractivity contribution in [2.75, 3.05) is 0 Å². The first-order chi connectivity index (χ1) is 11.3. The van der Waals surface area contributed by atoms with Gasteiger partial charge in [-0.1, -0.05) is 20.8 Å². The summed E-state index contributed by atoms with van der Waals surface area (Å²) in [6, 6.07) is 0. The summed E-state index contributed by atoms with van der Waals surface area (Å²) in [6.07, 6.45) is 9.96. The molecule has 0 bridgehead atoms. The maximum absolute atomic E-state index is 11.9. The maximum atomic E-state index is 11.9. The fourth-order valence-corrected chi connectivity index (χ4v) is 6.64. The average Bonchev–Trinajstić information content (AvgIpc) is 2.54. The van der Waals surface area contributed by atoms with Gasteiger partial charge in [-0.05, 0) is 75.5 Å². The number of hydrogen-bond donors (Lipinski definition) is 2. The van der Waals surface area contributed by atoms with E-state index < -0.39 is 11.4 Å². The standard InChI is InChI=1S/C21H36O3/c1-14-4-8-19(9-5-14)17-12-15(2)6-10-20(17,22)18-13-16(3)7-11-21(18,23)24-19/h14-18,22-23H,4-13H2,1-3H3/t14?,15-,16-,17+,18+,19?,20-,21+/m0/s1. The van der Waals surface area contributed by atoms with Gasteiger partial charge < -0.3 is 14.9 Å². The van der Waals surface area contributed by atoms with Crippen molar-refractivity contribution in [1.82, 2.24) is 0 Å². The lowest BCUT2D eigenvalue weighted by atomic mass is 9.51. The molecule has 24 heavy (non-hydrogen) atoms. The van der Waals surface area contributed by atoms with E-state index in [0.717, 1.165) is 63.7 Å². The Hall–Kier alpha value is -0.120. The Balaban J connectivity index is 1.74. The van der Waals surface area contributed by atoms with Crippen LogP contribution in [0, 0.1) is 29.6 Å². The molecule has 0 radical (unpaired) electrons. The topological polar surface area (TPSA) is 49.7 Å². The second kappa shape index (κ2) is 5.69. The molecule has 6 atom stereocenters. The van der Waals surface area contributed by atoms with Crippen molar-refractivity contribution in [2.24, 2.45) is 29.6 Å². The zero-order valence-corrected chi connectivity index (χ0v) is 15.8. The molecule has 3 heteroatoms. The minimum atomic E-state index is -1.10. The molecule has 1 aliphatic heterocycles. The summed E-state index contributed by atoms with van der Waals surface area (Å²) < 4.78 is 6.68. The smallest absolute Gasteiger partial charge is 0.171 e. The van der Waals surface area contributed by atoms with Crippen LogP contribution in [0.2, 0.25) is 0 Å². The highest BCUT2D eigenvalue weighted by molar-refractivity contribution is 5.14. The van der Waals surface area contributed by atoms with Crippen molar-refractivity contribution in [3.8, 4) is 0 Å². The van der Waals surface area contributed by atoms with E-state index in [2.05, 4.69) is 20.8 Å². The molecule has 4 rings (SSSR count). The van der Waals surface area contributed by atoms with Gasteiger partial charge in [0.2, 0.25) is 0 Å². The third-order valence-electron chi connectivity index (χ3n) is 8.20. The second-order valence-electron chi connectivity index (χ2n) is 10.0. The third kappa shape index (κ3) is 2.49. The predicted molar refractivity (Wildman–Crippen MR) is 94.4 cm³/mol. The van der Waals surface area contributed by atoms with E-state index in [0.29, 0.717) is 18.3 Å². The van der Waals surface area contributed by atoms with Crippen LogP contribution in [0.3, 0.4) is 0 Å². The Morgan fingerprint density at radius 2 is 1.25 bits per heavy atom. The van der Waals surface area contributed by atoms with Crippen molar-refractivity contribution < 1.29 is 14.9 Å². The monoisotopic (exact) mass is 336 g/mol. The summed E-state index contributed by atoms with van der Waals surface area (Å²) in [5.41, 5.74) is -1.02. The Labute approximate surface area is 147 Å². The fourth-order valence-electron chi connectivity index (χ4n) is 6.64. The Bertz CT molecular complexity index is 476. The third-order valence-corrected chi connectivity index (χ3v) is 8.20. The predicted octanol–water partition coefficient (Wildman–Crippen LogP) is 4.26. The summed E-state index contributed by atoms with van der Waals surface area (Å²) in [5.74, 6) is 0.976. The molecule has 2 N–H and O–H groups in total. The Morgan fingerprint density at radius 1 is 0.708 bits per heavy atom. The molecule has 1 heterocycles. The minimum Gasteiger partial charge on any atom is -0.389 e.